The summed E-state index contributed by atoms with van der Waals surface area (Å²) in [5.41, 5.74) is 0. The van der Waals surface area contributed by atoms with Gasteiger partial charge in [0, 0.05) is 0 Å². The molecule has 1 heterocycles. The van der Waals surface area contributed by atoms with E-state index >= 15 is 0 Å². The topological polar surface area (TPSA) is 46.5 Å². The number of carboxylic acids is 1. The van der Waals surface area contributed by atoms with Gasteiger partial charge in [-0.05, 0) is 26.2 Å². The first-order chi connectivity index (χ1) is 5.59. The van der Waals surface area contributed by atoms with Crippen molar-refractivity contribution < 1.29 is 14.6 Å². The van der Waals surface area contributed by atoms with Crippen molar-refractivity contribution in [2.45, 2.75) is 45.3 Å². The lowest BCUT2D eigenvalue weighted by molar-refractivity contribution is -0.142. The van der Waals surface area contributed by atoms with E-state index in [1.165, 1.54) is 0 Å². The van der Waals surface area contributed by atoms with E-state index in [1.807, 2.05) is 6.92 Å². The lowest BCUT2D eigenvalue weighted by Gasteiger charge is -2.13. The average Bonchev–Trinajstić information content (AvgIpc) is 2.35. The summed E-state index contributed by atoms with van der Waals surface area (Å²) < 4.78 is 5.52. The minimum atomic E-state index is -0.724. The quantitative estimate of drug-likeness (QED) is 0.704. The van der Waals surface area contributed by atoms with E-state index in [0.29, 0.717) is 12.5 Å². The van der Waals surface area contributed by atoms with Gasteiger partial charge in [-0.15, -0.1) is 0 Å². The molecule has 1 saturated heterocycles. The van der Waals surface area contributed by atoms with Crippen LogP contribution in [0.5, 0.6) is 0 Å². The molecule has 70 valence electrons. The molecule has 0 aromatic carbocycles. The number of aliphatic carboxylic acids is 1. The van der Waals surface area contributed by atoms with E-state index < -0.39 is 5.97 Å². The molecule has 0 radical (unpaired) electrons. The summed E-state index contributed by atoms with van der Waals surface area (Å²) in [5.74, 6) is -1.00. The highest BCUT2D eigenvalue weighted by Crippen LogP contribution is 2.24. The third-order valence-corrected chi connectivity index (χ3v) is 2.36. The highest BCUT2D eigenvalue weighted by atomic mass is 16.5. The maximum atomic E-state index is 10.5. The summed E-state index contributed by atoms with van der Waals surface area (Å²) in [6, 6.07) is 0. The predicted octanol–water partition coefficient (Wildman–Crippen LogP) is 1.66. The van der Waals surface area contributed by atoms with Crippen LogP contribution in [-0.2, 0) is 9.53 Å². The smallest absolute Gasteiger partial charge is 0.306 e. The van der Waals surface area contributed by atoms with Crippen LogP contribution in [0.3, 0.4) is 0 Å². The fraction of sp³-hybridized carbons (Fsp3) is 0.889. The highest BCUT2D eigenvalue weighted by molar-refractivity contribution is 5.69. The molecular formula is C9H16O3. The summed E-state index contributed by atoms with van der Waals surface area (Å²) in [5, 5.41) is 8.65. The van der Waals surface area contributed by atoms with Crippen molar-refractivity contribution in [1.29, 1.82) is 0 Å². The van der Waals surface area contributed by atoms with Crippen molar-refractivity contribution >= 4 is 5.97 Å². The van der Waals surface area contributed by atoms with E-state index in [-0.39, 0.29) is 12.0 Å². The minimum Gasteiger partial charge on any atom is -0.481 e. The van der Waals surface area contributed by atoms with E-state index in [4.69, 9.17) is 9.84 Å². The summed E-state index contributed by atoms with van der Waals surface area (Å²) in [6.45, 7) is 3.76. The Morgan fingerprint density at radius 1 is 1.67 bits per heavy atom. The van der Waals surface area contributed by atoms with Gasteiger partial charge in [0.2, 0.25) is 0 Å². The molecule has 0 saturated carbocycles. The molecule has 1 rings (SSSR count). The fourth-order valence-electron chi connectivity index (χ4n) is 1.55. The lowest BCUT2D eigenvalue weighted by Crippen LogP contribution is -2.18. The molecule has 3 unspecified atom stereocenters. The highest BCUT2D eigenvalue weighted by Gasteiger charge is 2.25. The van der Waals surface area contributed by atoms with Crippen molar-refractivity contribution in [3.8, 4) is 0 Å². The molecule has 1 aliphatic rings. The maximum Gasteiger partial charge on any atom is 0.306 e. The van der Waals surface area contributed by atoms with E-state index in [9.17, 15) is 4.79 Å². The van der Waals surface area contributed by atoms with Crippen LogP contribution in [0.4, 0.5) is 0 Å². The second-order valence-electron chi connectivity index (χ2n) is 3.62. The van der Waals surface area contributed by atoms with Gasteiger partial charge in [0.15, 0.2) is 0 Å². The summed E-state index contributed by atoms with van der Waals surface area (Å²) in [6.07, 6.45) is 3.22. The summed E-state index contributed by atoms with van der Waals surface area (Å²) in [7, 11) is 0. The Morgan fingerprint density at radius 2 is 2.33 bits per heavy atom. The van der Waals surface area contributed by atoms with Gasteiger partial charge in [0.1, 0.15) is 0 Å². The van der Waals surface area contributed by atoms with Crippen LogP contribution in [0.2, 0.25) is 0 Å². The molecule has 1 fully saturated rings. The van der Waals surface area contributed by atoms with Gasteiger partial charge in [0.25, 0.3) is 0 Å². The van der Waals surface area contributed by atoms with Crippen molar-refractivity contribution in [3.63, 3.8) is 0 Å². The largest absolute Gasteiger partial charge is 0.481 e. The Morgan fingerprint density at radius 3 is 2.75 bits per heavy atom. The average molecular weight is 172 g/mol. The van der Waals surface area contributed by atoms with Crippen molar-refractivity contribution in [1.82, 2.24) is 0 Å². The zero-order valence-corrected chi connectivity index (χ0v) is 7.62. The maximum absolute atomic E-state index is 10.5. The molecule has 1 N–H and O–H groups in total. The lowest BCUT2D eigenvalue weighted by atomic mass is 10.0. The van der Waals surface area contributed by atoms with Gasteiger partial charge >= 0.3 is 5.97 Å². The van der Waals surface area contributed by atoms with E-state index in [2.05, 4.69) is 0 Å². The molecule has 0 amide bonds. The van der Waals surface area contributed by atoms with Crippen LogP contribution >= 0.6 is 0 Å². The molecule has 3 nitrogen and oxygen atoms in total. The fourth-order valence-corrected chi connectivity index (χ4v) is 1.55. The second-order valence-corrected chi connectivity index (χ2v) is 3.62. The molecule has 0 spiro atoms. The molecule has 3 heteroatoms. The monoisotopic (exact) mass is 172 g/mol. The zero-order chi connectivity index (χ0) is 9.14. The number of carboxylic acid groups (broad SMARTS) is 1. The molecule has 1 aliphatic heterocycles. The summed E-state index contributed by atoms with van der Waals surface area (Å²) >= 11 is 0. The van der Waals surface area contributed by atoms with E-state index in [0.717, 1.165) is 12.8 Å². The van der Waals surface area contributed by atoms with Crippen molar-refractivity contribution in [2.24, 2.45) is 5.92 Å². The van der Waals surface area contributed by atoms with Crippen LogP contribution < -0.4 is 0 Å². The van der Waals surface area contributed by atoms with E-state index in [1.54, 1.807) is 6.92 Å². The number of hydrogen-bond donors (Lipinski definition) is 1. The van der Waals surface area contributed by atoms with Crippen LogP contribution in [0.15, 0.2) is 0 Å². The second kappa shape index (κ2) is 3.90. The first-order valence-electron chi connectivity index (χ1n) is 4.48. The Bertz CT molecular complexity index is 167. The Hall–Kier alpha value is -0.570. The minimum absolute atomic E-state index is 0.172. The van der Waals surface area contributed by atoms with Crippen LogP contribution in [0.25, 0.3) is 0 Å². The van der Waals surface area contributed by atoms with Gasteiger partial charge in [-0.3, -0.25) is 4.79 Å². The molecule has 0 bridgehead atoms. The van der Waals surface area contributed by atoms with Gasteiger partial charge in [-0.1, -0.05) is 6.92 Å². The Balaban J connectivity index is 2.27. The third-order valence-electron chi connectivity index (χ3n) is 2.36. The first-order valence-corrected chi connectivity index (χ1v) is 4.48. The number of ether oxygens (including phenoxy) is 1. The SMILES string of the molecule is CC1CCC(CC(C)C(=O)O)O1. The zero-order valence-electron chi connectivity index (χ0n) is 7.62. The molecule has 12 heavy (non-hydrogen) atoms. The number of hydrogen-bond acceptors (Lipinski definition) is 2. The third kappa shape index (κ3) is 2.48. The van der Waals surface area contributed by atoms with Gasteiger partial charge in [0.05, 0.1) is 18.1 Å². The van der Waals surface area contributed by atoms with Crippen molar-refractivity contribution in [2.75, 3.05) is 0 Å². The molecule has 3 atom stereocenters. The van der Waals surface area contributed by atoms with Crippen LogP contribution in [0, 0.1) is 5.92 Å². The predicted molar refractivity (Wildman–Crippen MR) is 45.0 cm³/mol. The molecular weight excluding hydrogens is 156 g/mol. The molecule has 0 aromatic heterocycles. The van der Waals surface area contributed by atoms with Crippen LogP contribution in [0.1, 0.15) is 33.1 Å². The van der Waals surface area contributed by atoms with Crippen molar-refractivity contribution in [3.05, 3.63) is 0 Å². The number of carbonyl (C=O) groups is 1. The number of rotatable bonds is 3. The Labute approximate surface area is 72.7 Å². The van der Waals surface area contributed by atoms with Gasteiger partial charge in [-0.25, -0.2) is 0 Å². The standard InChI is InChI=1S/C9H16O3/c1-6(9(10)11)5-8-4-3-7(2)12-8/h6-8H,3-5H2,1-2H3,(H,10,11). The molecule has 0 aliphatic carbocycles. The summed E-state index contributed by atoms with van der Waals surface area (Å²) in [4.78, 5) is 10.5. The van der Waals surface area contributed by atoms with Crippen LogP contribution in [-0.4, -0.2) is 23.3 Å². The normalized spacial score (nSPS) is 31.8. The van der Waals surface area contributed by atoms with Gasteiger partial charge < -0.3 is 9.84 Å². The van der Waals surface area contributed by atoms with Gasteiger partial charge in [-0.2, -0.15) is 0 Å². The molecule has 0 aromatic rings. The first kappa shape index (κ1) is 9.52. The Kier molecular flexibility index (Phi) is 3.09.